The van der Waals surface area contributed by atoms with E-state index < -0.39 is 0 Å². The van der Waals surface area contributed by atoms with Gasteiger partial charge in [-0.25, -0.2) is 0 Å². The molecule has 0 amide bonds. The molecule has 0 saturated carbocycles. The van der Waals surface area contributed by atoms with Crippen LogP contribution >= 0.6 is 0 Å². The Kier molecular flexibility index (Phi) is 5.16. The van der Waals surface area contributed by atoms with Crippen molar-refractivity contribution in [3.8, 4) is 0 Å². The van der Waals surface area contributed by atoms with Gasteiger partial charge in [0.25, 0.3) is 0 Å². The molecule has 0 radical (unpaired) electrons. The molecular weight excluding hydrogens is 210 g/mol. The van der Waals surface area contributed by atoms with E-state index in [0.717, 1.165) is 19.5 Å². The molecule has 17 heavy (non-hydrogen) atoms. The van der Waals surface area contributed by atoms with Gasteiger partial charge in [-0.1, -0.05) is 38.1 Å². The Balaban J connectivity index is 2.49. The highest BCUT2D eigenvalue weighted by Gasteiger charge is 2.09. The van der Waals surface area contributed by atoms with Crippen LogP contribution in [-0.4, -0.2) is 24.3 Å². The lowest BCUT2D eigenvalue weighted by atomic mass is 10.1. The van der Waals surface area contributed by atoms with Gasteiger partial charge in [-0.2, -0.15) is 0 Å². The van der Waals surface area contributed by atoms with Crippen LogP contribution in [-0.2, 0) is 13.0 Å². The SMILES string of the molecule is CCc1ccc(CN(C)CC(C)C(=N)N)cc1. The molecule has 1 rings (SSSR count). The van der Waals surface area contributed by atoms with Gasteiger partial charge in [0.05, 0.1) is 5.84 Å². The van der Waals surface area contributed by atoms with E-state index in [-0.39, 0.29) is 11.8 Å². The Morgan fingerprint density at radius 1 is 1.29 bits per heavy atom. The molecule has 1 unspecified atom stereocenters. The van der Waals surface area contributed by atoms with Crippen molar-refractivity contribution >= 4 is 5.84 Å². The van der Waals surface area contributed by atoms with Gasteiger partial charge in [-0.15, -0.1) is 0 Å². The zero-order valence-electron chi connectivity index (χ0n) is 11.0. The summed E-state index contributed by atoms with van der Waals surface area (Å²) < 4.78 is 0. The third-order valence-electron chi connectivity index (χ3n) is 3.00. The van der Waals surface area contributed by atoms with Gasteiger partial charge in [0.1, 0.15) is 0 Å². The zero-order valence-corrected chi connectivity index (χ0v) is 11.0. The Morgan fingerprint density at radius 3 is 2.29 bits per heavy atom. The second kappa shape index (κ2) is 6.40. The first-order valence-electron chi connectivity index (χ1n) is 6.13. The fraction of sp³-hybridized carbons (Fsp3) is 0.500. The summed E-state index contributed by atoms with van der Waals surface area (Å²) >= 11 is 0. The van der Waals surface area contributed by atoms with Crippen LogP contribution in [0.4, 0.5) is 0 Å². The van der Waals surface area contributed by atoms with E-state index in [1.165, 1.54) is 11.1 Å². The summed E-state index contributed by atoms with van der Waals surface area (Å²) in [4.78, 5) is 2.20. The molecule has 0 aliphatic heterocycles. The number of nitrogens with one attached hydrogen (secondary N) is 1. The van der Waals surface area contributed by atoms with Crippen molar-refractivity contribution in [2.45, 2.75) is 26.8 Å². The molecular formula is C14H23N3. The molecule has 0 saturated heterocycles. The number of aryl methyl sites for hydroxylation is 1. The number of hydrogen-bond donors (Lipinski definition) is 2. The predicted molar refractivity (Wildman–Crippen MR) is 73.2 cm³/mol. The van der Waals surface area contributed by atoms with Crippen molar-refractivity contribution < 1.29 is 0 Å². The minimum atomic E-state index is 0.120. The van der Waals surface area contributed by atoms with Crippen LogP contribution in [0.25, 0.3) is 0 Å². The lowest BCUT2D eigenvalue weighted by Crippen LogP contribution is -2.31. The summed E-state index contributed by atoms with van der Waals surface area (Å²) in [7, 11) is 2.06. The fourth-order valence-corrected chi connectivity index (χ4v) is 1.82. The highest BCUT2D eigenvalue weighted by molar-refractivity contribution is 5.79. The number of benzene rings is 1. The first kappa shape index (κ1) is 13.7. The van der Waals surface area contributed by atoms with Gasteiger partial charge in [0, 0.05) is 19.0 Å². The molecule has 0 aliphatic carbocycles. The normalized spacial score (nSPS) is 12.7. The lowest BCUT2D eigenvalue weighted by Gasteiger charge is -2.20. The van der Waals surface area contributed by atoms with Crippen molar-refractivity contribution in [2.75, 3.05) is 13.6 Å². The Labute approximate surface area is 104 Å². The Bertz CT molecular complexity index is 356. The summed E-state index contributed by atoms with van der Waals surface area (Å²) in [5.41, 5.74) is 8.15. The summed E-state index contributed by atoms with van der Waals surface area (Å²) in [5, 5.41) is 7.38. The number of amidine groups is 1. The number of nitrogens with zero attached hydrogens (tertiary/aromatic N) is 1. The van der Waals surface area contributed by atoms with Crippen molar-refractivity contribution in [3.05, 3.63) is 35.4 Å². The van der Waals surface area contributed by atoms with E-state index in [1.807, 2.05) is 6.92 Å². The fourth-order valence-electron chi connectivity index (χ4n) is 1.82. The maximum Gasteiger partial charge on any atom is 0.0947 e. The predicted octanol–water partition coefficient (Wildman–Crippen LogP) is 2.25. The second-order valence-corrected chi connectivity index (χ2v) is 4.72. The van der Waals surface area contributed by atoms with Crippen LogP contribution in [0, 0.1) is 11.3 Å². The van der Waals surface area contributed by atoms with Crippen LogP contribution in [0.3, 0.4) is 0 Å². The molecule has 0 aliphatic rings. The molecule has 3 heteroatoms. The highest BCUT2D eigenvalue weighted by Crippen LogP contribution is 2.08. The van der Waals surface area contributed by atoms with E-state index in [4.69, 9.17) is 11.1 Å². The summed E-state index contributed by atoms with van der Waals surface area (Å²) in [6.07, 6.45) is 1.08. The monoisotopic (exact) mass is 233 g/mol. The van der Waals surface area contributed by atoms with Crippen molar-refractivity contribution in [2.24, 2.45) is 11.7 Å². The molecule has 0 heterocycles. The standard InChI is InChI=1S/C14H23N3/c1-4-12-5-7-13(8-6-12)10-17(3)9-11(2)14(15)16/h5-8,11H,4,9-10H2,1-3H3,(H3,15,16). The van der Waals surface area contributed by atoms with Gasteiger partial charge in [-0.3, -0.25) is 5.41 Å². The van der Waals surface area contributed by atoms with E-state index in [0.29, 0.717) is 0 Å². The highest BCUT2D eigenvalue weighted by atomic mass is 15.1. The quantitative estimate of drug-likeness (QED) is 0.585. The molecule has 0 spiro atoms. The molecule has 1 aromatic rings. The maximum atomic E-state index is 7.38. The smallest absolute Gasteiger partial charge is 0.0947 e. The number of nitrogens with two attached hydrogens (primary N) is 1. The van der Waals surface area contributed by atoms with Crippen LogP contribution in [0.1, 0.15) is 25.0 Å². The third kappa shape index (κ3) is 4.57. The molecule has 3 N–H and O–H groups in total. The van der Waals surface area contributed by atoms with Crippen LogP contribution in [0.2, 0.25) is 0 Å². The van der Waals surface area contributed by atoms with Crippen molar-refractivity contribution in [1.82, 2.24) is 4.90 Å². The third-order valence-corrected chi connectivity index (χ3v) is 3.00. The van der Waals surface area contributed by atoms with Crippen molar-refractivity contribution in [1.29, 1.82) is 5.41 Å². The van der Waals surface area contributed by atoms with Crippen molar-refractivity contribution in [3.63, 3.8) is 0 Å². The number of hydrogen-bond acceptors (Lipinski definition) is 2. The topological polar surface area (TPSA) is 53.1 Å². The lowest BCUT2D eigenvalue weighted by molar-refractivity contribution is 0.306. The van der Waals surface area contributed by atoms with Gasteiger partial charge in [0.2, 0.25) is 0 Å². The molecule has 0 aromatic heterocycles. The first-order chi connectivity index (χ1) is 8.02. The molecule has 0 fully saturated rings. The van der Waals surface area contributed by atoms with Gasteiger partial charge < -0.3 is 10.6 Å². The van der Waals surface area contributed by atoms with Crippen LogP contribution < -0.4 is 5.73 Å². The summed E-state index contributed by atoms with van der Waals surface area (Å²) in [6, 6.07) is 8.71. The molecule has 1 aromatic carbocycles. The van der Waals surface area contributed by atoms with E-state index in [2.05, 4.69) is 43.1 Å². The first-order valence-corrected chi connectivity index (χ1v) is 6.13. The van der Waals surface area contributed by atoms with Gasteiger partial charge in [0.15, 0.2) is 0 Å². The zero-order chi connectivity index (χ0) is 12.8. The second-order valence-electron chi connectivity index (χ2n) is 4.72. The van der Waals surface area contributed by atoms with E-state index in [1.54, 1.807) is 0 Å². The molecule has 94 valence electrons. The van der Waals surface area contributed by atoms with E-state index >= 15 is 0 Å². The Morgan fingerprint density at radius 2 is 1.82 bits per heavy atom. The minimum Gasteiger partial charge on any atom is -0.387 e. The molecule has 0 bridgehead atoms. The maximum absolute atomic E-state index is 7.38. The molecule has 3 nitrogen and oxygen atoms in total. The number of rotatable bonds is 6. The molecule has 1 atom stereocenters. The average Bonchev–Trinajstić information content (AvgIpc) is 2.29. The van der Waals surface area contributed by atoms with Gasteiger partial charge in [-0.05, 0) is 24.6 Å². The average molecular weight is 233 g/mol. The largest absolute Gasteiger partial charge is 0.387 e. The Hall–Kier alpha value is -1.35. The van der Waals surface area contributed by atoms with Gasteiger partial charge >= 0.3 is 0 Å². The summed E-state index contributed by atoms with van der Waals surface area (Å²) in [6.45, 7) is 5.88. The van der Waals surface area contributed by atoms with E-state index in [9.17, 15) is 0 Å². The summed E-state index contributed by atoms with van der Waals surface area (Å²) in [5.74, 6) is 0.382. The van der Waals surface area contributed by atoms with Crippen LogP contribution in [0.5, 0.6) is 0 Å². The minimum absolute atomic E-state index is 0.120. The van der Waals surface area contributed by atoms with Crippen LogP contribution in [0.15, 0.2) is 24.3 Å².